The first-order valence-corrected chi connectivity index (χ1v) is 21.4. The minimum atomic E-state index is 0.577. The van der Waals surface area contributed by atoms with E-state index in [1.807, 2.05) is 0 Å². The molecule has 4 fully saturated rings. The third-order valence-electron chi connectivity index (χ3n) is 13.3. The monoisotopic (exact) mass is 655 g/mol. The summed E-state index contributed by atoms with van der Waals surface area (Å²) in [7, 11) is 0. The molecule has 0 aromatic heterocycles. The number of aromatic hydroxyl groups is 2. The molecular weight excluding hydrogens is 585 g/mol. The Balaban J connectivity index is 0.934. The van der Waals surface area contributed by atoms with E-state index in [9.17, 15) is 10.2 Å². The second-order valence-electron chi connectivity index (χ2n) is 16.9. The molecule has 2 aromatic carbocycles. The molecular formula is C46H70O2. The van der Waals surface area contributed by atoms with Gasteiger partial charge in [0.2, 0.25) is 0 Å². The molecule has 0 amide bonds. The Labute approximate surface area is 294 Å². The van der Waals surface area contributed by atoms with Crippen molar-refractivity contribution < 1.29 is 10.2 Å². The van der Waals surface area contributed by atoms with Gasteiger partial charge in [-0.05, 0) is 134 Å². The molecule has 0 unspecified atom stereocenters. The minimum Gasteiger partial charge on any atom is -0.507 e. The predicted octanol–water partition coefficient (Wildman–Crippen LogP) is 14.2. The van der Waals surface area contributed by atoms with E-state index in [4.69, 9.17) is 0 Å². The van der Waals surface area contributed by atoms with Crippen molar-refractivity contribution in [2.24, 2.45) is 0 Å². The fourth-order valence-corrected chi connectivity index (χ4v) is 10.4. The molecule has 0 atom stereocenters. The van der Waals surface area contributed by atoms with Crippen LogP contribution in [0.1, 0.15) is 237 Å². The number of phenolic OH excluding ortho intramolecular Hbond substituents is 2. The van der Waals surface area contributed by atoms with E-state index < -0.39 is 0 Å². The van der Waals surface area contributed by atoms with Gasteiger partial charge in [-0.15, -0.1) is 0 Å². The van der Waals surface area contributed by atoms with Crippen LogP contribution < -0.4 is 0 Å². The smallest absolute Gasteiger partial charge is 0.122 e. The van der Waals surface area contributed by atoms with Gasteiger partial charge in [0.15, 0.2) is 0 Å². The Morgan fingerprint density at radius 3 is 0.812 bits per heavy atom. The van der Waals surface area contributed by atoms with Crippen LogP contribution in [0.15, 0.2) is 24.3 Å². The van der Waals surface area contributed by atoms with Crippen molar-refractivity contribution in [1.29, 1.82) is 0 Å². The van der Waals surface area contributed by atoms with Crippen molar-refractivity contribution in [3.63, 3.8) is 0 Å². The molecule has 0 aliphatic heterocycles. The molecule has 4 aliphatic rings. The van der Waals surface area contributed by atoms with E-state index in [1.165, 1.54) is 226 Å². The van der Waals surface area contributed by atoms with Crippen molar-refractivity contribution in [2.75, 3.05) is 0 Å². The number of benzene rings is 2. The fourth-order valence-electron chi connectivity index (χ4n) is 10.4. The fraction of sp³-hybridized carbons (Fsp3) is 0.739. The SMILES string of the molecule is Oc1c(C2CCCCC2)cc(CCCCCCCCCCc2cc(C3CCCCC3)c(O)c(C3CCCCC3)c2)cc1C1CCCCC1. The lowest BCUT2D eigenvalue weighted by molar-refractivity contribution is 0.392. The summed E-state index contributed by atoms with van der Waals surface area (Å²) >= 11 is 0. The van der Waals surface area contributed by atoms with Crippen LogP contribution in [0.2, 0.25) is 0 Å². The normalized spacial score (nSPS) is 20.8. The zero-order valence-corrected chi connectivity index (χ0v) is 30.7. The Morgan fingerprint density at radius 2 is 0.562 bits per heavy atom. The number of unbranched alkanes of at least 4 members (excludes halogenated alkanes) is 7. The van der Waals surface area contributed by atoms with Crippen LogP contribution in [-0.2, 0) is 12.8 Å². The van der Waals surface area contributed by atoms with Crippen LogP contribution in [0.25, 0.3) is 0 Å². The van der Waals surface area contributed by atoms with E-state index in [2.05, 4.69) is 24.3 Å². The summed E-state index contributed by atoms with van der Waals surface area (Å²) in [5.41, 5.74) is 8.21. The summed E-state index contributed by atoms with van der Waals surface area (Å²) in [5, 5.41) is 22.9. The van der Waals surface area contributed by atoms with Gasteiger partial charge in [0, 0.05) is 0 Å². The zero-order chi connectivity index (χ0) is 33.0. The highest BCUT2D eigenvalue weighted by molar-refractivity contribution is 5.49. The maximum absolute atomic E-state index is 11.4. The number of aryl methyl sites for hydroxylation is 2. The molecule has 0 saturated heterocycles. The third-order valence-corrected chi connectivity index (χ3v) is 13.3. The van der Waals surface area contributed by atoms with Crippen molar-refractivity contribution >= 4 is 0 Å². The molecule has 48 heavy (non-hydrogen) atoms. The molecule has 4 saturated carbocycles. The summed E-state index contributed by atoms with van der Waals surface area (Å²) in [6.07, 6.45) is 39.2. The first-order chi connectivity index (χ1) is 23.7. The Hall–Kier alpha value is -1.96. The molecule has 2 aromatic rings. The molecule has 2 N–H and O–H groups in total. The maximum Gasteiger partial charge on any atom is 0.122 e. The second kappa shape index (κ2) is 18.9. The quantitative estimate of drug-likeness (QED) is 0.188. The van der Waals surface area contributed by atoms with E-state index >= 15 is 0 Å². The van der Waals surface area contributed by atoms with Gasteiger partial charge in [-0.2, -0.15) is 0 Å². The van der Waals surface area contributed by atoms with Crippen LogP contribution in [0.5, 0.6) is 11.5 Å². The summed E-state index contributed by atoms with van der Waals surface area (Å²) in [6.45, 7) is 0. The molecule has 2 nitrogen and oxygen atoms in total. The lowest BCUT2D eigenvalue weighted by Crippen LogP contribution is -2.10. The number of rotatable bonds is 15. The van der Waals surface area contributed by atoms with E-state index in [0.717, 1.165) is 0 Å². The number of phenols is 2. The largest absolute Gasteiger partial charge is 0.507 e. The van der Waals surface area contributed by atoms with Gasteiger partial charge >= 0.3 is 0 Å². The highest BCUT2D eigenvalue weighted by Gasteiger charge is 2.27. The number of hydrogen-bond donors (Lipinski definition) is 2. The standard InChI is InChI=1S/C46H70O2/c47-45-41(37-23-13-7-14-24-37)31-35(32-42(45)38-25-15-8-16-26-38)21-11-5-3-1-2-4-6-12-22-36-33-43(39-27-17-9-18-28-39)46(48)44(34-36)40-29-19-10-20-30-40/h31-34,37-40,47-48H,1-30H2. The van der Waals surface area contributed by atoms with E-state index in [0.29, 0.717) is 35.2 Å². The average Bonchev–Trinajstić information content (AvgIpc) is 3.14. The van der Waals surface area contributed by atoms with Gasteiger partial charge < -0.3 is 10.2 Å². The average molecular weight is 655 g/mol. The van der Waals surface area contributed by atoms with Crippen LogP contribution in [0.3, 0.4) is 0 Å². The highest BCUT2D eigenvalue weighted by atomic mass is 16.3. The van der Waals surface area contributed by atoms with Crippen molar-refractivity contribution in [2.45, 2.75) is 216 Å². The summed E-state index contributed by atoms with van der Waals surface area (Å²) in [4.78, 5) is 0. The summed E-state index contributed by atoms with van der Waals surface area (Å²) in [6, 6.07) is 9.67. The van der Waals surface area contributed by atoms with E-state index in [-0.39, 0.29) is 0 Å². The van der Waals surface area contributed by atoms with Crippen molar-refractivity contribution in [1.82, 2.24) is 0 Å². The Morgan fingerprint density at radius 1 is 0.333 bits per heavy atom. The van der Waals surface area contributed by atoms with E-state index in [1.54, 1.807) is 0 Å². The summed E-state index contributed by atoms with van der Waals surface area (Å²) in [5.74, 6) is 3.66. The van der Waals surface area contributed by atoms with Gasteiger partial charge in [0.25, 0.3) is 0 Å². The molecule has 266 valence electrons. The molecule has 2 heteroatoms. The van der Waals surface area contributed by atoms with Gasteiger partial charge in [0.05, 0.1) is 0 Å². The molecule has 0 radical (unpaired) electrons. The van der Waals surface area contributed by atoms with Crippen LogP contribution >= 0.6 is 0 Å². The van der Waals surface area contributed by atoms with Gasteiger partial charge in [-0.25, -0.2) is 0 Å². The maximum atomic E-state index is 11.4. The number of hydrogen-bond acceptors (Lipinski definition) is 2. The molecule has 0 bridgehead atoms. The molecule has 0 spiro atoms. The molecule has 6 rings (SSSR count). The second-order valence-corrected chi connectivity index (χ2v) is 16.9. The molecule has 0 heterocycles. The van der Waals surface area contributed by atoms with Gasteiger partial charge in [0.1, 0.15) is 11.5 Å². The van der Waals surface area contributed by atoms with Crippen LogP contribution in [0, 0.1) is 0 Å². The van der Waals surface area contributed by atoms with Crippen molar-refractivity contribution in [3.8, 4) is 11.5 Å². The van der Waals surface area contributed by atoms with Crippen molar-refractivity contribution in [3.05, 3.63) is 57.6 Å². The summed E-state index contributed by atoms with van der Waals surface area (Å²) < 4.78 is 0. The first kappa shape index (κ1) is 35.9. The lowest BCUT2D eigenvalue weighted by atomic mass is 9.78. The Kier molecular flexibility index (Phi) is 14.1. The highest BCUT2D eigenvalue weighted by Crippen LogP contribution is 2.46. The Bertz CT molecular complexity index is 1060. The zero-order valence-electron chi connectivity index (χ0n) is 30.7. The minimum absolute atomic E-state index is 0.577. The topological polar surface area (TPSA) is 40.5 Å². The third kappa shape index (κ3) is 9.84. The molecule has 4 aliphatic carbocycles. The first-order valence-electron chi connectivity index (χ1n) is 21.4. The lowest BCUT2D eigenvalue weighted by Gasteiger charge is -2.28. The predicted molar refractivity (Wildman–Crippen MR) is 204 cm³/mol. The van der Waals surface area contributed by atoms with Gasteiger partial charge in [-0.3, -0.25) is 0 Å². The van der Waals surface area contributed by atoms with Crippen LogP contribution in [0.4, 0.5) is 0 Å². The van der Waals surface area contributed by atoms with Gasteiger partial charge in [-0.1, -0.05) is 140 Å². The van der Waals surface area contributed by atoms with Crippen LogP contribution in [-0.4, -0.2) is 10.2 Å².